The van der Waals surface area contributed by atoms with E-state index >= 15 is 0 Å². The number of rotatable bonds is 7. The molecule has 0 saturated carbocycles. The predicted octanol–water partition coefficient (Wildman–Crippen LogP) is 3.50. The maximum atomic E-state index is 5.64. The highest BCUT2D eigenvalue weighted by atomic mass is 32.2. The molecule has 0 amide bonds. The Hall–Kier alpha value is -1.70. The summed E-state index contributed by atoms with van der Waals surface area (Å²) in [7, 11) is 2.22. The van der Waals surface area contributed by atoms with Crippen LogP contribution in [0.25, 0.3) is 0 Å². The Kier molecular flexibility index (Phi) is 6.11. The topological polar surface area (TPSA) is 80.0 Å². The quantitative estimate of drug-likeness (QED) is 0.720. The van der Waals surface area contributed by atoms with Gasteiger partial charge in [0.2, 0.25) is 0 Å². The molecule has 1 fully saturated rings. The van der Waals surface area contributed by atoms with Crippen LogP contribution in [0.15, 0.2) is 41.9 Å². The summed E-state index contributed by atoms with van der Waals surface area (Å²) in [6.07, 6.45) is 8.75. The summed E-state index contributed by atoms with van der Waals surface area (Å²) in [4.78, 5) is 15.4. The molecule has 140 valence electrons. The van der Waals surface area contributed by atoms with E-state index in [1.54, 1.807) is 6.33 Å². The van der Waals surface area contributed by atoms with Crippen molar-refractivity contribution < 1.29 is 0 Å². The second-order valence-electron chi connectivity index (χ2n) is 7.69. The fourth-order valence-corrected chi connectivity index (χ4v) is 4.02. The van der Waals surface area contributed by atoms with Gasteiger partial charge in [-0.1, -0.05) is 6.07 Å². The molecule has 2 aromatic rings. The van der Waals surface area contributed by atoms with Crippen LogP contribution in [0.4, 0.5) is 5.82 Å². The third kappa shape index (κ3) is 4.72. The average Bonchev–Trinajstić information content (AvgIpc) is 2.91. The lowest BCUT2D eigenvalue weighted by molar-refractivity contribution is 0.218. The minimum atomic E-state index is 0.135. The minimum Gasteiger partial charge on any atom is -0.363 e. The van der Waals surface area contributed by atoms with Gasteiger partial charge in [-0.15, -0.1) is 0 Å². The molecule has 0 spiro atoms. The third-order valence-corrected chi connectivity index (χ3v) is 5.84. The normalized spacial score (nSPS) is 20.8. The summed E-state index contributed by atoms with van der Waals surface area (Å²) in [5.74, 6) is 1.54. The molecule has 1 aliphatic heterocycles. The zero-order valence-corrected chi connectivity index (χ0v) is 16.5. The molecule has 3 heterocycles. The standard InChI is InChI=1S/C19H28N6S/c1-19(2)9-14(12-25(19)3)7-8-16(15-10-21-13-22-11-15)23-17-5-4-6-18(24-17)26-20/h4-6,10-11,13-14,16H,7-9,12,20H2,1-3H3,(H,23,24). The van der Waals surface area contributed by atoms with E-state index in [1.807, 2.05) is 30.6 Å². The minimum absolute atomic E-state index is 0.135. The smallest absolute Gasteiger partial charge is 0.127 e. The zero-order chi connectivity index (χ0) is 18.6. The van der Waals surface area contributed by atoms with Crippen LogP contribution in [0.3, 0.4) is 0 Å². The molecule has 0 bridgehead atoms. The number of hydrogen-bond acceptors (Lipinski definition) is 7. The van der Waals surface area contributed by atoms with Crippen molar-refractivity contribution in [3.63, 3.8) is 0 Å². The van der Waals surface area contributed by atoms with Crippen LogP contribution >= 0.6 is 11.9 Å². The van der Waals surface area contributed by atoms with Gasteiger partial charge >= 0.3 is 0 Å². The van der Waals surface area contributed by atoms with Gasteiger partial charge in [-0.2, -0.15) is 0 Å². The van der Waals surface area contributed by atoms with E-state index in [0.717, 1.165) is 47.7 Å². The van der Waals surface area contributed by atoms with Gasteiger partial charge in [0.1, 0.15) is 17.2 Å². The summed E-state index contributed by atoms with van der Waals surface area (Å²) in [6.45, 7) is 5.81. The first-order chi connectivity index (χ1) is 12.5. The van der Waals surface area contributed by atoms with Crippen molar-refractivity contribution >= 4 is 17.8 Å². The predicted molar refractivity (Wildman–Crippen MR) is 107 cm³/mol. The van der Waals surface area contributed by atoms with Gasteiger partial charge in [-0.25, -0.2) is 15.0 Å². The van der Waals surface area contributed by atoms with Crippen LogP contribution in [-0.2, 0) is 0 Å². The highest BCUT2D eigenvalue weighted by molar-refractivity contribution is 7.97. The van der Waals surface area contributed by atoms with Gasteiger partial charge in [0.15, 0.2) is 0 Å². The van der Waals surface area contributed by atoms with Crippen LogP contribution in [-0.4, -0.2) is 39.0 Å². The number of anilines is 1. The molecule has 0 aromatic carbocycles. The van der Waals surface area contributed by atoms with Crippen LogP contribution in [0.2, 0.25) is 0 Å². The Labute approximate surface area is 160 Å². The maximum absolute atomic E-state index is 5.64. The molecule has 6 nitrogen and oxygen atoms in total. The molecule has 0 aliphatic carbocycles. The Morgan fingerprint density at radius 1 is 1.35 bits per heavy atom. The van der Waals surface area contributed by atoms with E-state index < -0.39 is 0 Å². The van der Waals surface area contributed by atoms with Gasteiger partial charge in [-0.05, 0) is 70.2 Å². The van der Waals surface area contributed by atoms with E-state index in [1.165, 1.54) is 6.42 Å². The van der Waals surface area contributed by atoms with Crippen molar-refractivity contribution in [3.8, 4) is 0 Å². The summed E-state index contributed by atoms with van der Waals surface area (Å²) in [5, 5.41) is 10.00. The van der Waals surface area contributed by atoms with E-state index in [9.17, 15) is 0 Å². The highest BCUT2D eigenvalue weighted by Gasteiger charge is 2.35. The summed E-state index contributed by atoms with van der Waals surface area (Å²) >= 11 is 1.16. The number of pyridine rings is 1. The first-order valence-corrected chi connectivity index (χ1v) is 9.92. The van der Waals surface area contributed by atoms with Crippen molar-refractivity contribution in [1.82, 2.24) is 19.9 Å². The second kappa shape index (κ2) is 8.33. The lowest BCUT2D eigenvalue weighted by Gasteiger charge is -2.26. The number of nitrogens with one attached hydrogen (secondary N) is 1. The molecule has 1 saturated heterocycles. The summed E-state index contributed by atoms with van der Waals surface area (Å²) in [5.41, 5.74) is 1.38. The molecule has 7 heteroatoms. The average molecular weight is 373 g/mol. The Morgan fingerprint density at radius 3 is 2.77 bits per heavy atom. The SMILES string of the molecule is CN1CC(CCC(Nc2cccc(SN)n2)c2cncnc2)CC1(C)C. The van der Waals surface area contributed by atoms with Gasteiger partial charge < -0.3 is 10.2 Å². The summed E-state index contributed by atoms with van der Waals surface area (Å²) < 4.78 is 0. The molecule has 2 unspecified atom stereocenters. The zero-order valence-electron chi connectivity index (χ0n) is 15.7. The lowest BCUT2D eigenvalue weighted by Crippen LogP contribution is -2.34. The van der Waals surface area contributed by atoms with E-state index in [0.29, 0.717) is 5.92 Å². The fourth-order valence-electron chi connectivity index (χ4n) is 3.71. The third-order valence-electron chi connectivity index (χ3n) is 5.37. The molecule has 0 radical (unpaired) electrons. The highest BCUT2D eigenvalue weighted by Crippen LogP contribution is 2.35. The van der Waals surface area contributed by atoms with Crippen molar-refractivity contribution in [3.05, 3.63) is 42.5 Å². The van der Waals surface area contributed by atoms with Gasteiger partial charge in [-0.3, -0.25) is 5.14 Å². The van der Waals surface area contributed by atoms with Crippen LogP contribution in [0.5, 0.6) is 0 Å². The van der Waals surface area contributed by atoms with Crippen molar-refractivity contribution in [1.29, 1.82) is 0 Å². The van der Waals surface area contributed by atoms with E-state index in [-0.39, 0.29) is 11.6 Å². The number of nitrogens with two attached hydrogens (primary N) is 1. The number of aromatic nitrogens is 3. The maximum Gasteiger partial charge on any atom is 0.127 e. The Morgan fingerprint density at radius 2 is 2.12 bits per heavy atom. The molecular weight excluding hydrogens is 344 g/mol. The van der Waals surface area contributed by atoms with Crippen LogP contribution in [0.1, 0.15) is 44.7 Å². The molecule has 1 aliphatic rings. The van der Waals surface area contributed by atoms with Crippen LogP contribution < -0.4 is 10.5 Å². The van der Waals surface area contributed by atoms with Crippen molar-refractivity contribution in [2.75, 3.05) is 18.9 Å². The van der Waals surface area contributed by atoms with Gasteiger partial charge in [0, 0.05) is 30.0 Å². The second-order valence-corrected chi connectivity index (χ2v) is 8.34. The molecule has 2 atom stereocenters. The number of nitrogens with zero attached hydrogens (tertiary/aromatic N) is 4. The van der Waals surface area contributed by atoms with Crippen molar-refractivity contribution in [2.24, 2.45) is 11.1 Å². The molecule has 3 N–H and O–H groups in total. The van der Waals surface area contributed by atoms with E-state index in [4.69, 9.17) is 5.14 Å². The molecular formula is C19H28N6S. The number of likely N-dealkylation sites (tertiary alicyclic amines) is 1. The van der Waals surface area contributed by atoms with Crippen LogP contribution in [0, 0.1) is 5.92 Å². The monoisotopic (exact) mass is 372 g/mol. The largest absolute Gasteiger partial charge is 0.363 e. The Bertz CT molecular complexity index is 708. The lowest BCUT2D eigenvalue weighted by atomic mass is 9.91. The summed E-state index contributed by atoms with van der Waals surface area (Å²) in [6, 6.07) is 5.99. The molecule has 26 heavy (non-hydrogen) atoms. The van der Waals surface area contributed by atoms with Gasteiger partial charge in [0.05, 0.1) is 6.04 Å². The first kappa shape index (κ1) is 19.1. The van der Waals surface area contributed by atoms with Crippen molar-refractivity contribution in [2.45, 2.75) is 49.7 Å². The fraction of sp³-hybridized carbons (Fsp3) is 0.526. The van der Waals surface area contributed by atoms with E-state index in [2.05, 4.69) is 46.1 Å². The molecule has 3 rings (SSSR count). The first-order valence-electron chi connectivity index (χ1n) is 9.04. The molecule has 2 aromatic heterocycles. The van der Waals surface area contributed by atoms with Gasteiger partial charge in [0.25, 0.3) is 0 Å². The Balaban J connectivity index is 1.70. The number of hydrogen-bond donors (Lipinski definition) is 2.